The van der Waals surface area contributed by atoms with E-state index in [1.54, 1.807) is 25.3 Å². The summed E-state index contributed by atoms with van der Waals surface area (Å²) in [5, 5.41) is 3.11. The third kappa shape index (κ3) is 4.86. The van der Waals surface area contributed by atoms with Crippen LogP contribution in [0.3, 0.4) is 0 Å². The number of nitrogens with one attached hydrogen (secondary N) is 1. The van der Waals surface area contributed by atoms with Gasteiger partial charge in [0.25, 0.3) is 0 Å². The molecule has 0 aliphatic heterocycles. The van der Waals surface area contributed by atoms with Gasteiger partial charge in [-0.2, -0.15) is 0 Å². The molecule has 1 unspecified atom stereocenters. The molecule has 0 aliphatic rings. The van der Waals surface area contributed by atoms with E-state index in [1.165, 1.54) is 7.11 Å². The van der Waals surface area contributed by atoms with Crippen LogP contribution in [0.15, 0.2) is 18.2 Å². The molecule has 0 saturated heterocycles. The highest BCUT2D eigenvalue weighted by atomic mass is 16.5. The number of benzene rings is 1. The van der Waals surface area contributed by atoms with Crippen LogP contribution in [-0.4, -0.2) is 38.1 Å². The Morgan fingerprint density at radius 3 is 2.38 bits per heavy atom. The molecule has 5 heteroatoms. The molecular formula is C16H23NO4. The van der Waals surface area contributed by atoms with Gasteiger partial charge in [0.2, 0.25) is 0 Å². The maximum atomic E-state index is 12.6. The Balaban J connectivity index is 2.98. The van der Waals surface area contributed by atoms with Gasteiger partial charge >= 0.3 is 5.97 Å². The predicted molar refractivity (Wildman–Crippen MR) is 80.8 cm³/mol. The van der Waals surface area contributed by atoms with Gasteiger partial charge in [-0.05, 0) is 30.7 Å². The number of esters is 1. The zero-order chi connectivity index (χ0) is 16.0. The molecule has 5 nitrogen and oxygen atoms in total. The average molecular weight is 293 g/mol. The van der Waals surface area contributed by atoms with E-state index in [0.29, 0.717) is 5.56 Å². The first kappa shape index (κ1) is 17.2. The van der Waals surface area contributed by atoms with Crippen molar-refractivity contribution < 1.29 is 19.1 Å². The summed E-state index contributed by atoms with van der Waals surface area (Å²) in [6.07, 6.45) is 0.0125. The smallest absolute Gasteiger partial charge is 0.307 e. The molecule has 0 radical (unpaired) electrons. The van der Waals surface area contributed by atoms with E-state index in [4.69, 9.17) is 4.74 Å². The van der Waals surface area contributed by atoms with Gasteiger partial charge < -0.3 is 14.8 Å². The van der Waals surface area contributed by atoms with Crippen LogP contribution in [0.2, 0.25) is 0 Å². The normalized spacial score (nSPS) is 12.1. The van der Waals surface area contributed by atoms with Crippen LogP contribution < -0.4 is 10.1 Å². The summed E-state index contributed by atoms with van der Waals surface area (Å²) >= 11 is 0. The van der Waals surface area contributed by atoms with Crippen molar-refractivity contribution in [2.45, 2.75) is 39.3 Å². The number of methoxy groups -OCH3 is 2. The molecule has 0 spiro atoms. The minimum absolute atomic E-state index is 0.0125. The fraction of sp³-hybridized carbons (Fsp3) is 0.500. The topological polar surface area (TPSA) is 64.6 Å². The number of carbonyl (C=O) groups is 2. The van der Waals surface area contributed by atoms with E-state index >= 15 is 0 Å². The molecule has 0 fully saturated rings. The molecular weight excluding hydrogens is 270 g/mol. The third-order valence-corrected chi connectivity index (χ3v) is 3.13. The number of carbonyl (C=O) groups excluding carboxylic acids is 2. The first-order valence-corrected chi connectivity index (χ1v) is 6.90. The lowest BCUT2D eigenvalue weighted by atomic mass is 9.99. The minimum Gasteiger partial charge on any atom is -0.496 e. The largest absolute Gasteiger partial charge is 0.496 e. The Labute approximate surface area is 125 Å². The SMILES string of the molecule is COC(=O)CC(NC(C)C)C(=O)c1ccc(OC)c(C)c1. The van der Waals surface area contributed by atoms with Crippen molar-refractivity contribution in [3.8, 4) is 5.75 Å². The van der Waals surface area contributed by atoms with Gasteiger partial charge in [-0.25, -0.2) is 0 Å². The maximum Gasteiger partial charge on any atom is 0.307 e. The molecule has 1 rings (SSSR count). The molecule has 0 aromatic heterocycles. The van der Waals surface area contributed by atoms with Gasteiger partial charge in [-0.1, -0.05) is 13.8 Å². The molecule has 21 heavy (non-hydrogen) atoms. The summed E-state index contributed by atoms with van der Waals surface area (Å²) in [5.74, 6) is 0.194. The van der Waals surface area contributed by atoms with E-state index in [1.807, 2.05) is 20.8 Å². The van der Waals surface area contributed by atoms with E-state index in [0.717, 1.165) is 11.3 Å². The highest BCUT2D eigenvalue weighted by Crippen LogP contribution is 2.20. The van der Waals surface area contributed by atoms with Gasteiger partial charge in [0.05, 0.1) is 26.7 Å². The second-order valence-corrected chi connectivity index (χ2v) is 5.20. The Kier molecular flexibility index (Phi) is 6.37. The summed E-state index contributed by atoms with van der Waals surface area (Å²) < 4.78 is 9.84. The summed E-state index contributed by atoms with van der Waals surface area (Å²) in [4.78, 5) is 24.0. The Morgan fingerprint density at radius 2 is 1.90 bits per heavy atom. The number of hydrogen-bond donors (Lipinski definition) is 1. The lowest BCUT2D eigenvalue weighted by Crippen LogP contribution is -2.42. The molecule has 0 saturated carbocycles. The number of Topliss-reactive ketones (excluding diaryl/α,β-unsaturated/α-hetero) is 1. The number of aryl methyl sites for hydroxylation is 1. The highest BCUT2D eigenvalue weighted by molar-refractivity contribution is 6.02. The first-order chi connectivity index (χ1) is 9.88. The van der Waals surface area contributed by atoms with E-state index < -0.39 is 12.0 Å². The van der Waals surface area contributed by atoms with E-state index in [2.05, 4.69) is 10.1 Å². The van der Waals surface area contributed by atoms with Crippen LogP contribution in [-0.2, 0) is 9.53 Å². The predicted octanol–water partition coefficient (Wildman–Crippen LogP) is 2.12. The Bertz CT molecular complexity index is 511. The summed E-state index contributed by atoms with van der Waals surface area (Å²) in [6, 6.07) is 4.73. The summed E-state index contributed by atoms with van der Waals surface area (Å²) in [7, 11) is 2.90. The van der Waals surface area contributed by atoms with Crippen LogP contribution in [0, 0.1) is 6.92 Å². The van der Waals surface area contributed by atoms with Gasteiger partial charge in [0.1, 0.15) is 5.75 Å². The second-order valence-electron chi connectivity index (χ2n) is 5.20. The Hall–Kier alpha value is -1.88. The second kappa shape index (κ2) is 7.78. The molecule has 1 N–H and O–H groups in total. The maximum absolute atomic E-state index is 12.6. The average Bonchev–Trinajstić information content (AvgIpc) is 2.45. The number of rotatable bonds is 7. The quantitative estimate of drug-likeness (QED) is 0.616. The molecule has 0 bridgehead atoms. The fourth-order valence-electron chi connectivity index (χ4n) is 2.11. The first-order valence-electron chi connectivity index (χ1n) is 6.90. The molecule has 1 aromatic carbocycles. The summed E-state index contributed by atoms with van der Waals surface area (Å²) in [6.45, 7) is 5.73. The standard InChI is InChI=1S/C16H23NO4/c1-10(2)17-13(9-15(18)21-5)16(19)12-6-7-14(20-4)11(3)8-12/h6-8,10,13,17H,9H2,1-5H3. The molecule has 0 heterocycles. The van der Waals surface area contributed by atoms with Crippen LogP contribution in [0.1, 0.15) is 36.2 Å². The molecule has 116 valence electrons. The Morgan fingerprint density at radius 1 is 1.24 bits per heavy atom. The van der Waals surface area contributed by atoms with Crippen molar-refractivity contribution in [2.24, 2.45) is 0 Å². The zero-order valence-corrected chi connectivity index (χ0v) is 13.2. The zero-order valence-electron chi connectivity index (χ0n) is 13.2. The van der Waals surface area contributed by atoms with Crippen molar-refractivity contribution in [3.05, 3.63) is 29.3 Å². The van der Waals surface area contributed by atoms with Crippen molar-refractivity contribution in [3.63, 3.8) is 0 Å². The van der Waals surface area contributed by atoms with Gasteiger partial charge in [-0.15, -0.1) is 0 Å². The van der Waals surface area contributed by atoms with Crippen LogP contribution >= 0.6 is 0 Å². The van der Waals surface area contributed by atoms with Gasteiger partial charge in [0, 0.05) is 11.6 Å². The summed E-state index contributed by atoms with van der Waals surface area (Å²) in [5.41, 5.74) is 1.43. The van der Waals surface area contributed by atoms with Crippen molar-refractivity contribution >= 4 is 11.8 Å². The van der Waals surface area contributed by atoms with Crippen molar-refractivity contribution in [2.75, 3.05) is 14.2 Å². The lowest BCUT2D eigenvalue weighted by molar-refractivity contribution is -0.141. The lowest BCUT2D eigenvalue weighted by Gasteiger charge is -2.19. The molecule has 1 aromatic rings. The number of ether oxygens (including phenoxy) is 2. The number of ketones is 1. The monoisotopic (exact) mass is 293 g/mol. The van der Waals surface area contributed by atoms with E-state index in [9.17, 15) is 9.59 Å². The van der Waals surface area contributed by atoms with Crippen LogP contribution in [0.25, 0.3) is 0 Å². The fourth-order valence-corrected chi connectivity index (χ4v) is 2.11. The molecule has 0 aliphatic carbocycles. The van der Waals surface area contributed by atoms with Crippen LogP contribution in [0.4, 0.5) is 0 Å². The highest BCUT2D eigenvalue weighted by Gasteiger charge is 2.24. The van der Waals surface area contributed by atoms with Crippen molar-refractivity contribution in [1.82, 2.24) is 5.32 Å². The van der Waals surface area contributed by atoms with Crippen LogP contribution in [0.5, 0.6) is 5.75 Å². The van der Waals surface area contributed by atoms with E-state index in [-0.39, 0.29) is 18.2 Å². The third-order valence-electron chi connectivity index (χ3n) is 3.13. The van der Waals surface area contributed by atoms with Crippen molar-refractivity contribution in [1.29, 1.82) is 0 Å². The minimum atomic E-state index is -0.592. The number of hydrogen-bond acceptors (Lipinski definition) is 5. The molecule has 0 amide bonds. The van der Waals surface area contributed by atoms with Gasteiger partial charge in [0.15, 0.2) is 5.78 Å². The molecule has 1 atom stereocenters. The van der Waals surface area contributed by atoms with Gasteiger partial charge in [-0.3, -0.25) is 9.59 Å².